The van der Waals surface area contributed by atoms with Crippen LogP contribution in [-0.4, -0.2) is 78.9 Å². The normalized spacial score (nSPS) is 24.2. The van der Waals surface area contributed by atoms with Crippen molar-refractivity contribution in [3.05, 3.63) is 11.8 Å². The quantitative estimate of drug-likeness (QED) is 0.769. The molecule has 0 radical (unpaired) electrons. The molecule has 2 fully saturated rings. The van der Waals surface area contributed by atoms with Crippen LogP contribution in [0.1, 0.15) is 32.8 Å². The Hall–Kier alpha value is -1.93. The van der Waals surface area contributed by atoms with Gasteiger partial charge in [-0.15, -0.1) is 0 Å². The largest absolute Gasteiger partial charge is 0.481 e. The summed E-state index contributed by atoms with van der Waals surface area (Å²) in [5.74, 6) is 0.358. The van der Waals surface area contributed by atoms with Crippen molar-refractivity contribution in [2.24, 2.45) is 5.41 Å². The lowest BCUT2D eigenvalue weighted by Gasteiger charge is -2.32. The Kier molecular flexibility index (Phi) is 5.58. The van der Waals surface area contributed by atoms with Crippen LogP contribution in [0.2, 0.25) is 0 Å². The van der Waals surface area contributed by atoms with Gasteiger partial charge in [-0.05, 0) is 39.3 Å². The van der Waals surface area contributed by atoms with Crippen LogP contribution in [0.25, 0.3) is 0 Å². The van der Waals surface area contributed by atoms with Crippen molar-refractivity contribution in [1.82, 2.24) is 14.9 Å². The van der Waals surface area contributed by atoms with Gasteiger partial charge in [-0.3, -0.25) is 4.79 Å². The van der Waals surface area contributed by atoms with Crippen molar-refractivity contribution in [1.29, 1.82) is 0 Å². The van der Waals surface area contributed by atoms with E-state index < -0.39 is 11.4 Å². The first-order valence-corrected chi connectivity index (χ1v) is 9.57. The molecule has 1 atom stereocenters. The lowest BCUT2D eigenvalue weighted by molar-refractivity contribution is -0.142. The summed E-state index contributed by atoms with van der Waals surface area (Å²) >= 11 is 0. The Labute approximate surface area is 160 Å². The number of nitrogens with zero attached hydrogens (tertiary/aromatic N) is 4. The second-order valence-electron chi connectivity index (χ2n) is 8.61. The molecule has 0 unspecified atom stereocenters. The van der Waals surface area contributed by atoms with Gasteiger partial charge in [0.2, 0.25) is 5.95 Å². The highest BCUT2D eigenvalue weighted by Crippen LogP contribution is 2.33. The third kappa shape index (κ3) is 4.32. The molecule has 0 aromatic carbocycles. The third-order valence-corrected chi connectivity index (χ3v) is 5.71. The highest BCUT2D eigenvalue weighted by atomic mass is 16.5. The minimum Gasteiger partial charge on any atom is -0.481 e. The Bertz CT molecular complexity index is 690. The van der Waals surface area contributed by atoms with Crippen molar-refractivity contribution in [2.45, 2.75) is 32.6 Å². The van der Waals surface area contributed by atoms with Crippen molar-refractivity contribution in [3.63, 3.8) is 0 Å². The van der Waals surface area contributed by atoms with Crippen LogP contribution in [0.15, 0.2) is 6.20 Å². The minimum absolute atomic E-state index is 0.191. The Balaban J connectivity index is 1.85. The highest BCUT2D eigenvalue weighted by molar-refractivity contribution is 5.82. The molecule has 0 saturated carbocycles. The van der Waals surface area contributed by atoms with Crippen molar-refractivity contribution in [3.8, 4) is 0 Å². The maximum Gasteiger partial charge on any atom is 0.313 e. The van der Waals surface area contributed by atoms with Gasteiger partial charge in [-0.2, -0.15) is 4.98 Å². The zero-order chi connectivity index (χ0) is 19.7. The van der Waals surface area contributed by atoms with E-state index in [4.69, 9.17) is 9.72 Å². The Morgan fingerprint density at radius 2 is 2.07 bits per heavy atom. The standard InChI is InChI=1S/C19H31N5O3/c1-18(2,16(25)26)14-11-20-17(21-12-19(3)5-6-23(4)13-19)22-15(14)24-7-9-27-10-8-24/h11H,5-10,12-13H2,1-4H3,(H,25,26)(H,20,21,22)/t19-/m1/s1. The van der Waals surface area contributed by atoms with E-state index in [0.717, 1.165) is 26.1 Å². The fourth-order valence-electron chi connectivity index (χ4n) is 3.74. The predicted octanol–water partition coefficient (Wildman–Crippen LogP) is 1.43. The predicted molar refractivity (Wildman–Crippen MR) is 104 cm³/mol. The molecule has 8 heteroatoms. The maximum atomic E-state index is 11.8. The number of carboxylic acid groups (broad SMARTS) is 1. The Morgan fingerprint density at radius 3 is 2.67 bits per heavy atom. The fourth-order valence-corrected chi connectivity index (χ4v) is 3.74. The molecule has 2 aliphatic rings. The molecule has 150 valence electrons. The maximum absolute atomic E-state index is 11.8. The van der Waals surface area contributed by atoms with Gasteiger partial charge >= 0.3 is 5.97 Å². The summed E-state index contributed by atoms with van der Waals surface area (Å²) in [6.07, 6.45) is 2.80. The number of likely N-dealkylation sites (tertiary alicyclic amines) is 1. The lowest BCUT2D eigenvalue weighted by atomic mass is 9.85. The Morgan fingerprint density at radius 1 is 1.37 bits per heavy atom. The second kappa shape index (κ2) is 7.59. The van der Waals surface area contributed by atoms with Crippen LogP contribution in [0.3, 0.4) is 0 Å². The molecule has 1 aromatic heterocycles. The number of nitrogens with one attached hydrogen (secondary N) is 1. The number of carbonyl (C=O) groups is 1. The van der Waals surface area contributed by atoms with E-state index in [9.17, 15) is 9.90 Å². The monoisotopic (exact) mass is 377 g/mol. The van der Waals surface area contributed by atoms with E-state index in [0.29, 0.717) is 43.6 Å². The average Bonchev–Trinajstić information content (AvgIpc) is 2.99. The molecule has 1 aromatic rings. The first-order valence-electron chi connectivity index (χ1n) is 9.57. The summed E-state index contributed by atoms with van der Waals surface area (Å²) < 4.78 is 5.44. The molecule has 2 N–H and O–H groups in total. The molecular formula is C19H31N5O3. The van der Waals surface area contributed by atoms with Gasteiger partial charge in [0.25, 0.3) is 0 Å². The smallest absolute Gasteiger partial charge is 0.313 e. The fraction of sp³-hybridized carbons (Fsp3) is 0.737. The first kappa shape index (κ1) is 19.8. The number of hydrogen-bond acceptors (Lipinski definition) is 7. The van der Waals surface area contributed by atoms with Crippen LogP contribution < -0.4 is 10.2 Å². The van der Waals surface area contributed by atoms with E-state index in [1.165, 1.54) is 0 Å². The molecular weight excluding hydrogens is 346 g/mol. The molecule has 0 bridgehead atoms. The van der Waals surface area contributed by atoms with E-state index >= 15 is 0 Å². The molecule has 0 spiro atoms. The number of ether oxygens (including phenoxy) is 1. The molecule has 0 aliphatic carbocycles. The lowest BCUT2D eigenvalue weighted by Crippen LogP contribution is -2.40. The number of rotatable bonds is 6. The summed E-state index contributed by atoms with van der Waals surface area (Å²) in [4.78, 5) is 25.4. The summed E-state index contributed by atoms with van der Waals surface area (Å²) in [7, 11) is 2.14. The zero-order valence-corrected chi connectivity index (χ0v) is 16.8. The topological polar surface area (TPSA) is 90.8 Å². The van der Waals surface area contributed by atoms with Crippen molar-refractivity contribution < 1.29 is 14.6 Å². The molecule has 27 heavy (non-hydrogen) atoms. The molecule has 0 amide bonds. The van der Waals surface area contributed by atoms with Crippen molar-refractivity contribution in [2.75, 3.05) is 63.2 Å². The van der Waals surface area contributed by atoms with E-state index in [1.54, 1.807) is 20.0 Å². The number of anilines is 2. The second-order valence-corrected chi connectivity index (χ2v) is 8.61. The molecule has 3 heterocycles. The average molecular weight is 377 g/mol. The van der Waals surface area contributed by atoms with Gasteiger partial charge in [0, 0.05) is 37.9 Å². The summed E-state index contributed by atoms with van der Waals surface area (Å²) in [5.41, 5.74) is -0.239. The molecule has 8 nitrogen and oxygen atoms in total. The zero-order valence-electron chi connectivity index (χ0n) is 16.8. The van der Waals surface area contributed by atoms with Gasteiger partial charge < -0.3 is 25.0 Å². The number of aliphatic carboxylic acids is 1. The molecule has 2 saturated heterocycles. The third-order valence-electron chi connectivity index (χ3n) is 5.71. The van der Waals surface area contributed by atoms with Gasteiger partial charge in [0.05, 0.1) is 18.6 Å². The molecule has 2 aliphatic heterocycles. The SMILES string of the molecule is CN1CC[C@](C)(CNc2ncc(C(C)(C)C(=O)O)c(N3CCOCC3)n2)C1. The van der Waals surface area contributed by atoms with E-state index in [-0.39, 0.29) is 5.41 Å². The van der Waals surface area contributed by atoms with E-state index in [2.05, 4.69) is 34.1 Å². The van der Waals surface area contributed by atoms with Crippen LogP contribution in [-0.2, 0) is 14.9 Å². The number of carboxylic acids is 1. The minimum atomic E-state index is -1.06. The number of hydrogen-bond donors (Lipinski definition) is 2. The number of aromatic nitrogens is 2. The molecule has 3 rings (SSSR count). The van der Waals surface area contributed by atoms with Crippen LogP contribution in [0, 0.1) is 5.41 Å². The van der Waals surface area contributed by atoms with Crippen LogP contribution >= 0.6 is 0 Å². The van der Waals surface area contributed by atoms with Gasteiger partial charge in [0.15, 0.2) is 0 Å². The highest BCUT2D eigenvalue weighted by Gasteiger charge is 2.36. The van der Waals surface area contributed by atoms with Gasteiger partial charge in [-0.1, -0.05) is 6.92 Å². The van der Waals surface area contributed by atoms with E-state index in [1.807, 2.05) is 0 Å². The van der Waals surface area contributed by atoms with Crippen molar-refractivity contribution >= 4 is 17.7 Å². The van der Waals surface area contributed by atoms with Gasteiger partial charge in [-0.25, -0.2) is 4.98 Å². The van der Waals surface area contributed by atoms with Gasteiger partial charge in [0.1, 0.15) is 5.82 Å². The first-order chi connectivity index (χ1) is 12.7. The summed E-state index contributed by atoms with van der Waals surface area (Å²) in [6.45, 7) is 11.2. The summed E-state index contributed by atoms with van der Waals surface area (Å²) in [6, 6.07) is 0. The summed E-state index contributed by atoms with van der Waals surface area (Å²) in [5, 5.41) is 13.1. The van der Waals surface area contributed by atoms with Crippen LogP contribution in [0.5, 0.6) is 0 Å². The number of morpholine rings is 1. The van der Waals surface area contributed by atoms with Crippen LogP contribution in [0.4, 0.5) is 11.8 Å².